The average molecular weight is 313 g/mol. The zero-order valence-electron chi connectivity index (χ0n) is 13.3. The largest absolute Gasteiger partial charge is 0.481 e. The molecule has 0 bridgehead atoms. The molecular weight excluding hydrogens is 286 g/mol. The third-order valence-electron chi connectivity index (χ3n) is 4.40. The van der Waals surface area contributed by atoms with Gasteiger partial charge in [0.15, 0.2) is 0 Å². The molecule has 2 rings (SSSR count). The molecule has 2 aliphatic rings. The Morgan fingerprint density at radius 3 is 2.59 bits per heavy atom. The van der Waals surface area contributed by atoms with Gasteiger partial charge in [-0.3, -0.25) is 9.59 Å². The van der Waals surface area contributed by atoms with E-state index in [4.69, 9.17) is 14.6 Å². The van der Waals surface area contributed by atoms with Crippen molar-refractivity contribution in [1.29, 1.82) is 0 Å². The van der Waals surface area contributed by atoms with Gasteiger partial charge >= 0.3 is 5.97 Å². The summed E-state index contributed by atoms with van der Waals surface area (Å²) in [4.78, 5) is 24.9. The summed E-state index contributed by atoms with van der Waals surface area (Å²) in [6, 6.07) is 0. The molecule has 0 radical (unpaired) electrons. The molecular formula is C16H27NO5. The summed E-state index contributed by atoms with van der Waals surface area (Å²) in [5.41, 5.74) is 0. The maximum Gasteiger partial charge on any atom is 0.306 e. The Bertz CT molecular complexity index is 379. The second kappa shape index (κ2) is 8.48. The van der Waals surface area contributed by atoms with E-state index in [-0.39, 0.29) is 18.4 Å². The maximum absolute atomic E-state index is 12.5. The molecule has 1 heterocycles. The third-order valence-corrected chi connectivity index (χ3v) is 4.40. The quantitative estimate of drug-likeness (QED) is 0.784. The van der Waals surface area contributed by atoms with Gasteiger partial charge in [-0.05, 0) is 19.8 Å². The fraction of sp³-hybridized carbons (Fsp3) is 0.875. The molecule has 126 valence electrons. The molecule has 22 heavy (non-hydrogen) atoms. The van der Waals surface area contributed by atoms with E-state index >= 15 is 0 Å². The first-order chi connectivity index (χ1) is 10.6. The Labute approximate surface area is 131 Å². The number of amides is 1. The van der Waals surface area contributed by atoms with Gasteiger partial charge in [-0.2, -0.15) is 0 Å². The molecule has 1 aliphatic heterocycles. The smallest absolute Gasteiger partial charge is 0.306 e. The summed E-state index contributed by atoms with van der Waals surface area (Å²) in [6.07, 6.45) is 6.13. The van der Waals surface area contributed by atoms with E-state index in [1.165, 1.54) is 25.7 Å². The SMILES string of the molecule is CC(OC1CCCCCC1)C(=O)N1CCOC(CC(=O)O)C1. The summed E-state index contributed by atoms with van der Waals surface area (Å²) in [5, 5.41) is 8.83. The average Bonchev–Trinajstić information content (AvgIpc) is 2.74. The van der Waals surface area contributed by atoms with Gasteiger partial charge in [0.2, 0.25) is 0 Å². The van der Waals surface area contributed by atoms with Gasteiger partial charge in [-0.15, -0.1) is 0 Å². The lowest BCUT2D eigenvalue weighted by Crippen LogP contribution is -2.50. The van der Waals surface area contributed by atoms with Gasteiger partial charge in [0, 0.05) is 13.1 Å². The fourth-order valence-electron chi connectivity index (χ4n) is 3.22. The zero-order chi connectivity index (χ0) is 15.9. The highest BCUT2D eigenvalue weighted by Gasteiger charge is 2.30. The number of carboxylic acids is 1. The third kappa shape index (κ3) is 5.25. The van der Waals surface area contributed by atoms with E-state index in [0.717, 1.165) is 12.8 Å². The fourth-order valence-corrected chi connectivity index (χ4v) is 3.22. The summed E-state index contributed by atoms with van der Waals surface area (Å²) in [6.45, 7) is 3.03. The maximum atomic E-state index is 12.5. The molecule has 0 spiro atoms. The minimum Gasteiger partial charge on any atom is -0.481 e. The zero-order valence-corrected chi connectivity index (χ0v) is 13.3. The molecule has 0 aromatic carbocycles. The van der Waals surface area contributed by atoms with Crippen molar-refractivity contribution in [3.8, 4) is 0 Å². The molecule has 2 atom stereocenters. The van der Waals surface area contributed by atoms with E-state index < -0.39 is 18.2 Å². The van der Waals surface area contributed by atoms with Crippen LogP contribution in [0.4, 0.5) is 0 Å². The van der Waals surface area contributed by atoms with Crippen LogP contribution in [0, 0.1) is 0 Å². The van der Waals surface area contributed by atoms with Crippen LogP contribution in [0.3, 0.4) is 0 Å². The molecule has 1 N–H and O–H groups in total. The Balaban J connectivity index is 1.82. The molecule has 6 heteroatoms. The van der Waals surface area contributed by atoms with Crippen LogP contribution in [0.1, 0.15) is 51.9 Å². The van der Waals surface area contributed by atoms with Gasteiger partial charge in [-0.1, -0.05) is 25.7 Å². The van der Waals surface area contributed by atoms with Crippen molar-refractivity contribution in [2.45, 2.75) is 70.2 Å². The summed E-state index contributed by atoms with van der Waals surface area (Å²) < 4.78 is 11.4. The van der Waals surface area contributed by atoms with Crippen LogP contribution in [0.5, 0.6) is 0 Å². The lowest BCUT2D eigenvalue weighted by molar-refractivity contribution is -0.157. The summed E-state index contributed by atoms with van der Waals surface area (Å²) >= 11 is 0. The molecule has 1 saturated heterocycles. The number of hydrogen-bond donors (Lipinski definition) is 1. The minimum absolute atomic E-state index is 0.0528. The van der Waals surface area contributed by atoms with E-state index in [0.29, 0.717) is 19.7 Å². The molecule has 1 saturated carbocycles. The first-order valence-electron chi connectivity index (χ1n) is 8.34. The standard InChI is InChI=1S/C16H27NO5/c1-12(22-13-6-4-2-3-5-7-13)16(20)17-8-9-21-14(11-17)10-15(18)19/h12-14H,2-11H2,1H3,(H,18,19). The molecule has 1 aliphatic carbocycles. The topological polar surface area (TPSA) is 76.1 Å². The Morgan fingerprint density at radius 1 is 1.27 bits per heavy atom. The van der Waals surface area contributed by atoms with E-state index in [2.05, 4.69) is 0 Å². The number of carbonyl (C=O) groups excluding carboxylic acids is 1. The first-order valence-corrected chi connectivity index (χ1v) is 8.34. The number of ether oxygens (including phenoxy) is 2. The first kappa shape index (κ1) is 17.2. The molecule has 2 unspecified atom stereocenters. The van der Waals surface area contributed by atoms with Crippen molar-refractivity contribution >= 4 is 11.9 Å². The number of aliphatic carboxylic acids is 1. The van der Waals surface area contributed by atoms with Crippen molar-refractivity contribution in [3.63, 3.8) is 0 Å². The van der Waals surface area contributed by atoms with E-state index in [1.807, 2.05) is 0 Å². The van der Waals surface area contributed by atoms with Crippen LogP contribution in [-0.4, -0.2) is 59.9 Å². The van der Waals surface area contributed by atoms with Crippen LogP contribution in [-0.2, 0) is 19.1 Å². The monoisotopic (exact) mass is 313 g/mol. The Hall–Kier alpha value is -1.14. The molecule has 1 amide bonds. The van der Waals surface area contributed by atoms with Crippen molar-refractivity contribution in [3.05, 3.63) is 0 Å². The van der Waals surface area contributed by atoms with Crippen molar-refractivity contribution < 1.29 is 24.2 Å². The van der Waals surface area contributed by atoms with Crippen LogP contribution in [0.2, 0.25) is 0 Å². The van der Waals surface area contributed by atoms with Gasteiger partial charge in [-0.25, -0.2) is 0 Å². The Morgan fingerprint density at radius 2 is 1.95 bits per heavy atom. The number of morpholine rings is 1. The highest BCUT2D eigenvalue weighted by Crippen LogP contribution is 2.21. The molecule has 2 fully saturated rings. The van der Waals surface area contributed by atoms with E-state index in [9.17, 15) is 9.59 Å². The van der Waals surface area contributed by atoms with Crippen LogP contribution in [0.15, 0.2) is 0 Å². The van der Waals surface area contributed by atoms with Crippen molar-refractivity contribution in [2.75, 3.05) is 19.7 Å². The minimum atomic E-state index is -0.901. The summed E-state index contributed by atoms with van der Waals surface area (Å²) in [7, 11) is 0. The van der Waals surface area contributed by atoms with Gasteiger partial charge in [0.05, 0.1) is 25.2 Å². The number of carbonyl (C=O) groups is 2. The second-order valence-corrected chi connectivity index (χ2v) is 6.27. The van der Waals surface area contributed by atoms with Gasteiger partial charge in [0.25, 0.3) is 5.91 Å². The van der Waals surface area contributed by atoms with Crippen molar-refractivity contribution in [2.24, 2.45) is 0 Å². The number of carboxylic acid groups (broad SMARTS) is 1. The predicted octanol–water partition coefficient (Wildman–Crippen LogP) is 1.82. The van der Waals surface area contributed by atoms with Crippen molar-refractivity contribution in [1.82, 2.24) is 4.90 Å². The molecule has 0 aromatic heterocycles. The highest BCUT2D eigenvalue weighted by atomic mass is 16.5. The summed E-state index contributed by atoms with van der Waals surface area (Å²) in [5.74, 6) is -0.954. The van der Waals surface area contributed by atoms with Crippen LogP contribution >= 0.6 is 0 Å². The predicted molar refractivity (Wildman–Crippen MR) is 80.6 cm³/mol. The number of hydrogen-bond acceptors (Lipinski definition) is 4. The normalized spacial score (nSPS) is 25.5. The van der Waals surface area contributed by atoms with Crippen LogP contribution < -0.4 is 0 Å². The lowest BCUT2D eigenvalue weighted by atomic mass is 10.1. The number of nitrogens with zero attached hydrogens (tertiary/aromatic N) is 1. The lowest BCUT2D eigenvalue weighted by Gasteiger charge is -2.34. The molecule has 0 aromatic rings. The molecule has 6 nitrogen and oxygen atoms in total. The second-order valence-electron chi connectivity index (χ2n) is 6.27. The van der Waals surface area contributed by atoms with Gasteiger partial charge < -0.3 is 19.5 Å². The number of rotatable bonds is 5. The van der Waals surface area contributed by atoms with E-state index in [1.54, 1.807) is 11.8 Å². The highest BCUT2D eigenvalue weighted by molar-refractivity contribution is 5.80. The van der Waals surface area contributed by atoms with Crippen LogP contribution in [0.25, 0.3) is 0 Å². The Kier molecular flexibility index (Phi) is 6.64. The van der Waals surface area contributed by atoms with Gasteiger partial charge in [0.1, 0.15) is 6.10 Å².